The molecule has 6 heteroatoms. The van der Waals surface area contributed by atoms with Crippen LogP contribution < -0.4 is 5.32 Å². The lowest BCUT2D eigenvalue weighted by atomic mass is 9.85. The number of carbonyl (C=O) groups excluding carboxylic acids is 1. The number of benzene rings is 2. The summed E-state index contributed by atoms with van der Waals surface area (Å²) < 4.78 is 13.2. The summed E-state index contributed by atoms with van der Waals surface area (Å²) in [6.07, 6.45) is 3.98. The second-order valence-corrected chi connectivity index (χ2v) is 9.71. The molecule has 2 unspecified atom stereocenters. The maximum Gasteiger partial charge on any atom is 0.335 e. The molecule has 2 aromatic carbocycles. The summed E-state index contributed by atoms with van der Waals surface area (Å²) in [6, 6.07) is 12.2. The predicted molar refractivity (Wildman–Crippen MR) is 132 cm³/mol. The zero-order valence-corrected chi connectivity index (χ0v) is 20.0. The number of carboxylic acids is 1. The first-order chi connectivity index (χ1) is 16.4. The zero-order chi connectivity index (χ0) is 24.2. The number of amides is 1. The van der Waals surface area contributed by atoms with Gasteiger partial charge in [-0.2, -0.15) is 0 Å². The second kappa shape index (κ2) is 10.2. The maximum absolute atomic E-state index is 13.4. The van der Waals surface area contributed by atoms with Gasteiger partial charge in [-0.3, -0.25) is 4.79 Å². The van der Waals surface area contributed by atoms with Gasteiger partial charge in [0.2, 0.25) is 0 Å². The van der Waals surface area contributed by atoms with Crippen molar-refractivity contribution in [2.45, 2.75) is 45.6 Å². The lowest BCUT2D eigenvalue weighted by Crippen LogP contribution is -2.28. The standard InChI is InChI=1S/C28H26FNO3S/c1-3-18-6-14-23-25(16-18)34-24(15-7-19-4-12-22(29)13-5-19)26(23)27(31)30-17(2)20-8-10-21(11-9-20)28(32)33/h4-5,8-13,17-18H,3,6,14,16H2,1-2H3,(H,30,31)(H,32,33). The van der Waals surface area contributed by atoms with Crippen LogP contribution in [0.25, 0.3) is 0 Å². The smallest absolute Gasteiger partial charge is 0.335 e. The van der Waals surface area contributed by atoms with Gasteiger partial charge in [-0.15, -0.1) is 11.3 Å². The summed E-state index contributed by atoms with van der Waals surface area (Å²) in [5.74, 6) is 5.40. The van der Waals surface area contributed by atoms with Crippen molar-refractivity contribution in [2.75, 3.05) is 0 Å². The largest absolute Gasteiger partial charge is 0.478 e. The highest BCUT2D eigenvalue weighted by Gasteiger charge is 2.28. The van der Waals surface area contributed by atoms with E-state index in [1.807, 2.05) is 6.92 Å². The molecule has 0 fully saturated rings. The average Bonchev–Trinajstić information content (AvgIpc) is 3.21. The minimum absolute atomic E-state index is 0.175. The van der Waals surface area contributed by atoms with Gasteiger partial charge in [0.1, 0.15) is 5.82 Å². The SMILES string of the molecule is CCC1CCc2c(sc(C#Cc3ccc(F)cc3)c2C(=O)NC(C)c2ccc(C(=O)O)cc2)C1. The highest BCUT2D eigenvalue weighted by Crippen LogP contribution is 2.37. The summed E-state index contributed by atoms with van der Waals surface area (Å²) in [6.45, 7) is 4.08. The van der Waals surface area contributed by atoms with Crippen LogP contribution in [0.2, 0.25) is 0 Å². The van der Waals surface area contributed by atoms with Gasteiger partial charge in [-0.25, -0.2) is 9.18 Å². The van der Waals surface area contributed by atoms with Crippen molar-refractivity contribution in [2.24, 2.45) is 5.92 Å². The number of hydrogen-bond acceptors (Lipinski definition) is 3. The van der Waals surface area contributed by atoms with E-state index in [-0.39, 0.29) is 23.3 Å². The topological polar surface area (TPSA) is 66.4 Å². The summed E-state index contributed by atoms with van der Waals surface area (Å²) in [7, 11) is 0. The molecular formula is C28H26FNO3S. The Balaban J connectivity index is 1.63. The number of aromatic carboxylic acids is 1. The van der Waals surface area contributed by atoms with Crippen LogP contribution in [0.1, 0.15) is 79.9 Å². The first kappa shape index (κ1) is 23.7. The number of nitrogens with one attached hydrogen (secondary N) is 1. The first-order valence-electron chi connectivity index (χ1n) is 11.4. The molecule has 1 aromatic heterocycles. The molecule has 3 aromatic rings. The Morgan fingerprint density at radius 3 is 2.50 bits per heavy atom. The molecule has 4 rings (SSSR count). The van der Waals surface area contributed by atoms with Crippen LogP contribution >= 0.6 is 11.3 Å². The van der Waals surface area contributed by atoms with E-state index in [9.17, 15) is 14.0 Å². The third kappa shape index (κ3) is 5.21. The number of carbonyl (C=O) groups is 2. The fourth-order valence-electron chi connectivity index (χ4n) is 4.26. The van der Waals surface area contributed by atoms with Crippen LogP contribution in [0.15, 0.2) is 48.5 Å². The Bertz CT molecular complexity index is 1270. The minimum Gasteiger partial charge on any atom is -0.478 e. The molecule has 0 aliphatic heterocycles. The molecule has 0 saturated carbocycles. The molecule has 0 radical (unpaired) electrons. The molecule has 0 spiro atoms. The van der Waals surface area contributed by atoms with E-state index in [4.69, 9.17) is 5.11 Å². The molecule has 1 heterocycles. The van der Waals surface area contributed by atoms with E-state index in [1.165, 1.54) is 29.1 Å². The predicted octanol–water partition coefficient (Wildman–Crippen LogP) is 5.99. The van der Waals surface area contributed by atoms with E-state index in [2.05, 4.69) is 24.1 Å². The number of hydrogen-bond donors (Lipinski definition) is 2. The van der Waals surface area contributed by atoms with Crippen molar-refractivity contribution in [3.8, 4) is 11.8 Å². The fraction of sp³-hybridized carbons (Fsp3) is 0.286. The molecule has 0 bridgehead atoms. The van der Waals surface area contributed by atoms with E-state index >= 15 is 0 Å². The Hall–Kier alpha value is -3.43. The van der Waals surface area contributed by atoms with Crippen molar-refractivity contribution in [3.05, 3.63) is 91.9 Å². The van der Waals surface area contributed by atoms with Crippen LogP contribution in [-0.4, -0.2) is 17.0 Å². The summed E-state index contributed by atoms with van der Waals surface area (Å²) in [5, 5.41) is 12.2. The Morgan fingerprint density at radius 2 is 1.85 bits per heavy atom. The Kier molecular flexibility index (Phi) is 7.14. The Labute approximate surface area is 202 Å². The lowest BCUT2D eigenvalue weighted by Gasteiger charge is -2.21. The summed E-state index contributed by atoms with van der Waals surface area (Å²) >= 11 is 1.59. The van der Waals surface area contributed by atoms with Gasteiger partial charge in [0, 0.05) is 10.4 Å². The third-order valence-corrected chi connectivity index (χ3v) is 7.51. The van der Waals surface area contributed by atoms with Crippen molar-refractivity contribution in [3.63, 3.8) is 0 Å². The molecule has 2 N–H and O–H groups in total. The van der Waals surface area contributed by atoms with Crippen molar-refractivity contribution in [1.29, 1.82) is 0 Å². The number of thiophene rings is 1. The maximum atomic E-state index is 13.4. The fourth-order valence-corrected chi connectivity index (χ4v) is 5.57. The monoisotopic (exact) mass is 475 g/mol. The normalized spacial score (nSPS) is 15.6. The molecule has 0 saturated heterocycles. The third-order valence-electron chi connectivity index (χ3n) is 6.34. The highest BCUT2D eigenvalue weighted by atomic mass is 32.1. The minimum atomic E-state index is -0.983. The molecular weight excluding hydrogens is 449 g/mol. The van der Waals surface area contributed by atoms with Crippen molar-refractivity contribution in [1.82, 2.24) is 5.32 Å². The van der Waals surface area contributed by atoms with Crippen molar-refractivity contribution >= 4 is 23.2 Å². The van der Waals surface area contributed by atoms with Gasteiger partial charge in [-0.05, 0) is 85.5 Å². The van der Waals surface area contributed by atoms with Crippen molar-refractivity contribution < 1.29 is 19.1 Å². The van der Waals surface area contributed by atoms with E-state index in [1.54, 1.807) is 35.6 Å². The van der Waals surface area contributed by atoms with Gasteiger partial charge < -0.3 is 10.4 Å². The van der Waals surface area contributed by atoms with Crippen LogP contribution in [0.3, 0.4) is 0 Å². The second-order valence-electron chi connectivity index (χ2n) is 8.60. The molecule has 174 valence electrons. The van der Waals surface area contributed by atoms with Gasteiger partial charge >= 0.3 is 5.97 Å². The summed E-state index contributed by atoms with van der Waals surface area (Å²) in [5.41, 5.74) is 3.45. The lowest BCUT2D eigenvalue weighted by molar-refractivity contribution is 0.0696. The Morgan fingerprint density at radius 1 is 1.15 bits per heavy atom. The van der Waals surface area contributed by atoms with E-state index in [0.29, 0.717) is 17.0 Å². The molecule has 2 atom stereocenters. The molecule has 1 aliphatic rings. The van der Waals surface area contributed by atoms with Crippen LogP contribution in [0.5, 0.6) is 0 Å². The van der Waals surface area contributed by atoms with Crippen LogP contribution in [0, 0.1) is 23.6 Å². The number of rotatable bonds is 5. The van der Waals surface area contributed by atoms with Crippen LogP contribution in [0.4, 0.5) is 4.39 Å². The van der Waals surface area contributed by atoms with Gasteiger partial charge in [0.15, 0.2) is 0 Å². The summed E-state index contributed by atoms with van der Waals surface area (Å²) in [4.78, 5) is 26.5. The molecule has 1 aliphatic carbocycles. The van der Waals surface area contributed by atoms with Gasteiger partial charge in [0.05, 0.1) is 22.0 Å². The number of fused-ring (bicyclic) bond motifs is 1. The zero-order valence-electron chi connectivity index (χ0n) is 19.2. The average molecular weight is 476 g/mol. The van der Waals surface area contributed by atoms with Crippen LogP contribution in [-0.2, 0) is 12.8 Å². The number of halogens is 1. The first-order valence-corrected chi connectivity index (χ1v) is 12.2. The highest BCUT2D eigenvalue weighted by molar-refractivity contribution is 7.13. The quantitative estimate of drug-likeness (QED) is 0.446. The van der Waals surface area contributed by atoms with E-state index in [0.717, 1.165) is 41.7 Å². The van der Waals surface area contributed by atoms with Gasteiger partial charge in [-0.1, -0.05) is 31.4 Å². The molecule has 1 amide bonds. The number of carboxylic acid groups (broad SMARTS) is 1. The molecule has 4 nitrogen and oxygen atoms in total. The molecule has 34 heavy (non-hydrogen) atoms. The van der Waals surface area contributed by atoms with Gasteiger partial charge in [0.25, 0.3) is 5.91 Å². The van der Waals surface area contributed by atoms with E-state index < -0.39 is 5.97 Å².